The first-order chi connectivity index (χ1) is 7.08. The molecule has 0 saturated carbocycles. The Balaban J connectivity index is 3.00. The predicted octanol–water partition coefficient (Wildman–Crippen LogP) is 3.60. The van der Waals surface area contributed by atoms with Crippen LogP contribution >= 0.6 is 39.1 Å². The molecular weight excluding hydrogens is 303 g/mol. The number of benzene rings is 1. The van der Waals surface area contributed by atoms with Crippen molar-refractivity contribution in [3.63, 3.8) is 0 Å². The van der Waals surface area contributed by atoms with Crippen molar-refractivity contribution >= 4 is 45.1 Å². The van der Waals surface area contributed by atoms with Gasteiger partial charge in [0, 0.05) is 15.4 Å². The molecule has 0 saturated heterocycles. The standard InChI is InChI=1S/C10H9BrCl2O2/c1-15-10(14)4-6-2-9(13)7(5-11)3-8(6)12/h2-3H,4-5H2,1H3. The molecule has 1 rings (SSSR count). The first-order valence-corrected chi connectivity index (χ1v) is 6.05. The van der Waals surface area contributed by atoms with E-state index in [1.807, 2.05) is 0 Å². The van der Waals surface area contributed by atoms with E-state index >= 15 is 0 Å². The number of methoxy groups -OCH3 is 1. The van der Waals surface area contributed by atoms with Crippen molar-refractivity contribution in [3.05, 3.63) is 33.3 Å². The first-order valence-electron chi connectivity index (χ1n) is 4.18. The maximum absolute atomic E-state index is 11.1. The molecule has 1 aromatic carbocycles. The molecule has 82 valence electrons. The highest BCUT2D eigenvalue weighted by Crippen LogP contribution is 2.27. The molecule has 0 bridgehead atoms. The van der Waals surface area contributed by atoms with Crippen LogP contribution in [0.4, 0.5) is 0 Å². The highest BCUT2D eigenvalue weighted by atomic mass is 79.9. The van der Waals surface area contributed by atoms with Gasteiger partial charge in [-0.25, -0.2) is 0 Å². The van der Waals surface area contributed by atoms with Crippen molar-refractivity contribution in [2.75, 3.05) is 7.11 Å². The van der Waals surface area contributed by atoms with Crippen LogP contribution in [0.2, 0.25) is 10.0 Å². The van der Waals surface area contributed by atoms with Crippen LogP contribution in [0.5, 0.6) is 0 Å². The lowest BCUT2D eigenvalue weighted by Crippen LogP contribution is -2.05. The minimum Gasteiger partial charge on any atom is -0.469 e. The van der Waals surface area contributed by atoms with Crippen molar-refractivity contribution in [3.8, 4) is 0 Å². The highest BCUT2D eigenvalue weighted by Gasteiger charge is 2.10. The van der Waals surface area contributed by atoms with E-state index in [4.69, 9.17) is 23.2 Å². The van der Waals surface area contributed by atoms with E-state index in [1.165, 1.54) is 7.11 Å². The molecule has 0 aliphatic rings. The molecule has 0 fully saturated rings. The minimum atomic E-state index is -0.334. The van der Waals surface area contributed by atoms with Crippen LogP contribution in [0.15, 0.2) is 12.1 Å². The second kappa shape index (κ2) is 5.73. The molecule has 0 unspecified atom stereocenters. The van der Waals surface area contributed by atoms with Crippen LogP contribution in [0.25, 0.3) is 0 Å². The average Bonchev–Trinajstić information content (AvgIpc) is 2.22. The second-order valence-electron chi connectivity index (χ2n) is 2.92. The van der Waals surface area contributed by atoms with Gasteiger partial charge in [0.2, 0.25) is 0 Å². The smallest absolute Gasteiger partial charge is 0.310 e. The number of hydrogen-bond acceptors (Lipinski definition) is 2. The molecule has 0 amide bonds. The molecule has 0 atom stereocenters. The third-order valence-electron chi connectivity index (χ3n) is 1.92. The van der Waals surface area contributed by atoms with E-state index in [9.17, 15) is 4.79 Å². The summed E-state index contributed by atoms with van der Waals surface area (Å²) in [5.74, 6) is -0.334. The Morgan fingerprint density at radius 1 is 1.33 bits per heavy atom. The van der Waals surface area contributed by atoms with E-state index in [0.717, 1.165) is 5.56 Å². The van der Waals surface area contributed by atoms with E-state index in [0.29, 0.717) is 20.9 Å². The number of rotatable bonds is 3. The van der Waals surface area contributed by atoms with Crippen LogP contribution in [0.1, 0.15) is 11.1 Å². The van der Waals surface area contributed by atoms with Gasteiger partial charge >= 0.3 is 5.97 Å². The molecule has 0 N–H and O–H groups in total. The van der Waals surface area contributed by atoms with Crippen LogP contribution in [0, 0.1) is 0 Å². The number of alkyl halides is 1. The van der Waals surface area contributed by atoms with Crippen molar-refractivity contribution in [2.45, 2.75) is 11.8 Å². The van der Waals surface area contributed by atoms with E-state index in [2.05, 4.69) is 20.7 Å². The highest BCUT2D eigenvalue weighted by molar-refractivity contribution is 9.08. The summed E-state index contributed by atoms with van der Waals surface area (Å²) in [5.41, 5.74) is 1.58. The van der Waals surface area contributed by atoms with Crippen LogP contribution in [-0.4, -0.2) is 13.1 Å². The van der Waals surface area contributed by atoms with Crippen LogP contribution < -0.4 is 0 Å². The Kier molecular flexibility index (Phi) is 4.90. The Hall–Kier alpha value is -0.250. The topological polar surface area (TPSA) is 26.3 Å². The zero-order chi connectivity index (χ0) is 11.4. The average molecular weight is 312 g/mol. The maximum atomic E-state index is 11.1. The summed E-state index contributed by atoms with van der Waals surface area (Å²) in [4.78, 5) is 11.1. The van der Waals surface area contributed by atoms with Gasteiger partial charge in [-0.3, -0.25) is 4.79 Å². The van der Waals surface area contributed by atoms with Gasteiger partial charge in [0.15, 0.2) is 0 Å². The van der Waals surface area contributed by atoms with Gasteiger partial charge in [-0.2, -0.15) is 0 Å². The summed E-state index contributed by atoms with van der Waals surface area (Å²) in [6.07, 6.45) is 0.137. The quantitative estimate of drug-likeness (QED) is 0.630. The third kappa shape index (κ3) is 3.37. The van der Waals surface area contributed by atoms with Gasteiger partial charge in [0.1, 0.15) is 0 Å². The number of hydrogen-bond donors (Lipinski definition) is 0. The molecular formula is C10H9BrCl2O2. The van der Waals surface area contributed by atoms with Gasteiger partial charge < -0.3 is 4.74 Å². The third-order valence-corrected chi connectivity index (χ3v) is 3.23. The van der Waals surface area contributed by atoms with Crippen LogP contribution in [-0.2, 0) is 21.3 Å². The van der Waals surface area contributed by atoms with Crippen molar-refractivity contribution < 1.29 is 9.53 Å². The van der Waals surface area contributed by atoms with Gasteiger partial charge in [0.05, 0.1) is 13.5 Å². The Morgan fingerprint density at radius 2 is 1.87 bits per heavy atom. The zero-order valence-electron chi connectivity index (χ0n) is 8.02. The fourth-order valence-electron chi connectivity index (χ4n) is 1.09. The summed E-state index contributed by atoms with van der Waals surface area (Å²) in [7, 11) is 1.34. The molecule has 2 nitrogen and oxygen atoms in total. The summed E-state index contributed by atoms with van der Waals surface area (Å²) < 4.78 is 4.56. The zero-order valence-corrected chi connectivity index (χ0v) is 11.1. The molecule has 0 aliphatic heterocycles. The second-order valence-corrected chi connectivity index (χ2v) is 4.30. The van der Waals surface area contributed by atoms with Gasteiger partial charge in [-0.05, 0) is 23.3 Å². The summed E-state index contributed by atoms with van der Waals surface area (Å²) in [6, 6.07) is 3.44. The molecule has 5 heteroatoms. The Morgan fingerprint density at radius 3 is 2.40 bits per heavy atom. The van der Waals surface area contributed by atoms with E-state index in [-0.39, 0.29) is 12.4 Å². The van der Waals surface area contributed by atoms with E-state index in [1.54, 1.807) is 12.1 Å². The Bertz CT molecular complexity index is 380. The van der Waals surface area contributed by atoms with Crippen molar-refractivity contribution in [1.82, 2.24) is 0 Å². The fraction of sp³-hybridized carbons (Fsp3) is 0.300. The van der Waals surface area contributed by atoms with E-state index < -0.39 is 0 Å². The minimum absolute atomic E-state index is 0.137. The van der Waals surface area contributed by atoms with Crippen LogP contribution in [0.3, 0.4) is 0 Å². The molecule has 0 heterocycles. The molecule has 0 radical (unpaired) electrons. The number of carbonyl (C=O) groups excluding carboxylic acids is 1. The van der Waals surface area contributed by atoms with Gasteiger partial charge in [0.25, 0.3) is 0 Å². The van der Waals surface area contributed by atoms with Crippen molar-refractivity contribution in [2.24, 2.45) is 0 Å². The first kappa shape index (κ1) is 12.8. The number of halogens is 3. The normalized spacial score (nSPS) is 10.1. The molecule has 1 aromatic rings. The number of carbonyl (C=O) groups is 1. The maximum Gasteiger partial charge on any atom is 0.310 e. The lowest BCUT2D eigenvalue weighted by atomic mass is 10.1. The number of esters is 1. The summed E-state index contributed by atoms with van der Waals surface area (Å²) in [6.45, 7) is 0. The lowest BCUT2D eigenvalue weighted by molar-refractivity contribution is -0.139. The largest absolute Gasteiger partial charge is 0.469 e. The lowest BCUT2D eigenvalue weighted by Gasteiger charge is -2.07. The van der Waals surface area contributed by atoms with Gasteiger partial charge in [-0.15, -0.1) is 0 Å². The van der Waals surface area contributed by atoms with Gasteiger partial charge in [-0.1, -0.05) is 39.1 Å². The fourth-order valence-corrected chi connectivity index (χ4v) is 2.23. The Labute approximate surface area is 107 Å². The molecule has 0 aromatic heterocycles. The van der Waals surface area contributed by atoms with Crippen molar-refractivity contribution in [1.29, 1.82) is 0 Å². The summed E-state index contributed by atoms with van der Waals surface area (Å²) >= 11 is 15.3. The SMILES string of the molecule is COC(=O)Cc1cc(Cl)c(CBr)cc1Cl. The molecule has 0 spiro atoms. The monoisotopic (exact) mass is 310 g/mol. The predicted molar refractivity (Wildman–Crippen MR) is 64.8 cm³/mol. The summed E-state index contributed by atoms with van der Waals surface area (Å²) in [5, 5.41) is 1.75. The number of ether oxygens (including phenoxy) is 1. The molecule has 15 heavy (non-hydrogen) atoms. The molecule has 0 aliphatic carbocycles.